The van der Waals surface area contributed by atoms with Crippen LogP contribution in [0.1, 0.15) is 54.4 Å². The van der Waals surface area contributed by atoms with Crippen molar-refractivity contribution in [2.45, 2.75) is 76.5 Å². The second-order valence-electron chi connectivity index (χ2n) is 10.3. The lowest BCUT2D eigenvalue weighted by atomic mass is 9.79. The van der Waals surface area contributed by atoms with Crippen LogP contribution in [0, 0.1) is 10.8 Å². The summed E-state index contributed by atoms with van der Waals surface area (Å²) in [4.78, 5) is 0. The molecule has 0 spiro atoms. The molecule has 0 saturated heterocycles. The van der Waals surface area contributed by atoms with Gasteiger partial charge in [-0.25, -0.2) is 0 Å². The van der Waals surface area contributed by atoms with Gasteiger partial charge in [-0.05, 0) is 23.7 Å². The van der Waals surface area contributed by atoms with Crippen LogP contribution in [0.25, 0.3) is 0 Å². The maximum atomic E-state index is 6.32. The molecule has 0 N–H and O–H groups in total. The van der Waals surface area contributed by atoms with Crippen molar-refractivity contribution in [3.8, 4) is 0 Å². The third-order valence-electron chi connectivity index (χ3n) is 7.20. The summed E-state index contributed by atoms with van der Waals surface area (Å²) < 4.78 is 0. The van der Waals surface area contributed by atoms with E-state index in [0.717, 1.165) is 17.6 Å². The zero-order chi connectivity index (χ0) is 20.4. The van der Waals surface area contributed by atoms with E-state index in [9.17, 15) is 0 Å². The van der Waals surface area contributed by atoms with Crippen LogP contribution in [-0.2, 0) is 0 Å². The van der Waals surface area contributed by atoms with Gasteiger partial charge in [-0.2, -0.15) is 0 Å². The van der Waals surface area contributed by atoms with Gasteiger partial charge in [-0.3, -0.25) is 0 Å². The van der Waals surface area contributed by atoms with E-state index in [1.54, 1.807) is 0 Å². The summed E-state index contributed by atoms with van der Waals surface area (Å²) in [5.74, 6) is 0.754. The SMILES string of the molecule is CC(C)(C)C1([Si](CCCCl)(CCCBr)C2(C(C)(C)C)C=CC=C2)C=CC=C1. The van der Waals surface area contributed by atoms with E-state index in [2.05, 4.69) is 106 Å². The minimum Gasteiger partial charge on any atom is -0.127 e. The molecular formula is C24H38BrClSi. The Hall–Kier alpha value is -0.0531. The number of alkyl halides is 2. The maximum absolute atomic E-state index is 6.32. The first-order valence-electron chi connectivity index (χ1n) is 10.4. The molecule has 2 rings (SSSR count). The van der Waals surface area contributed by atoms with Crippen molar-refractivity contribution in [3.05, 3.63) is 48.6 Å². The van der Waals surface area contributed by atoms with Gasteiger partial charge < -0.3 is 0 Å². The molecule has 0 saturated carbocycles. The van der Waals surface area contributed by atoms with E-state index < -0.39 is 8.07 Å². The van der Waals surface area contributed by atoms with Gasteiger partial charge in [0.15, 0.2) is 0 Å². The van der Waals surface area contributed by atoms with Crippen molar-refractivity contribution in [1.82, 2.24) is 0 Å². The Morgan fingerprint density at radius 3 is 1.41 bits per heavy atom. The molecule has 0 aromatic heterocycles. The Bertz CT molecular complexity index is 548. The monoisotopic (exact) mass is 468 g/mol. The summed E-state index contributed by atoms with van der Waals surface area (Å²) in [7, 11) is -2.00. The first-order valence-corrected chi connectivity index (χ1v) is 14.5. The summed E-state index contributed by atoms with van der Waals surface area (Å²) in [5, 5.41) is 1.32. The van der Waals surface area contributed by atoms with Crippen molar-refractivity contribution in [2.24, 2.45) is 10.8 Å². The van der Waals surface area contributed by atoms with Crippen LogP contribution in [0.3, 0.4) is 0 Å². The van der Waals surface area contributed by atoms with Gasteiger partial charge in [0.1, 0.15) is 0 Å². The van der Waals surface area contributed by atoms with Gasteiger partial charge in [0.25, 0.3) is 0 Å². The molecule has 0 aromatic carbocycles. The van der Waals surface area contributed by atoms with Gasteiger partial charge in [0.2, 0.25) is 0 Å². The summed E-state index contributed by atoms with van der Waals surface area (Å²) in [6.07, 6.45) is 21.8. The number of hydrogen-bond acceptors (Lipinski definition) is 0. The van der Waals surface area contributed by atoms with E-state index in [-0.39, 0.29) is 20.9 Å². The minimum absolute atomic E-state index is 0.126. The molecule has 0 nitrogen and oxygen atoms in total. The Balaban J connectivity index is 2.86. The molecule has 0 radical (unpaired) electrons. The van der Waals surface area contributed by atoms with Crippen molar-refractivity contribution in [1.29, 1.82) is 0 Å². The number of rotatable bonds is 8. The highest BCUT2D eigenvalue weighted by Crippen LogP contribution is 2.72. The molecule has 0 bridgehead atoms. The zero-order valence-electron chi connectivity index (χ0n) is 18.1. The van der Waals surface area contributed by atoms with Crippen molar-refractivity contribution in [3.63, 3.8) is 0 Å². The zero-order valence-corrected chi connectivity index (χ0v) is 21.5. The van der Waals surface area contributed by atoms with Crippen LogP contribution in [0.2, 0.25) is 22.2 Å². The lowest BCUT2D eigenvalue weighted by molar-refractivity contribution is 0.300. The molecule has 3 heteroatoms. The van der Waals surface area contributed by atoms with Crippen molar-refractivity contribution in [2.75, 3.05) is 11.2 Å². The highest BCUT2D eigenvalue weighted by atomic mass is 79.9. The molecule has 0 aliphatic heterocycles. The van der Waals surface area contributed by atoms with Crippen molar-refractivity contribution >= 4 is 35.6 Å². The second-order valence-corrected chi connectivity index (χ2v) is 16.3. The average Bonchev–Trinajstić information content (AvgIpc) is 3.25. The predicted molar refractivity (Wildman–Crippen MR) is 130 cm³/mol. The average molecular weight is 470 g/mol. The van der Waals surface area contributed by atoms with E-state index in [4.69, 9.17) is 11.6 Å². The van der Waals surface area contributed by atoms with E-state index in [1.807, 2.05) is 0 Å². The van der Waals surface area contributed by atoms with Crippen molar-refractivity contribution < 1.29 is 0 Å². The maximum Gasteiger partial charge on any atom is 0.0849 e. The Morgan fingerprint density at radius 2 is 1.11 bits per heavy atom. The molecule has 152 valence electrons. The topological polar surface area (TPSA) is 0 Å². The van der Waals surface area contributed by atoms with Gasteiger partial charge in [0.05, 0.1) is 8.07 Å². The van der Waals surface area contributed by atoms with Crippen LogP contribution in [0.4, 0.5) is 0 Å². The number of allylic oxidation sites excluding steroid dienone is 8. The molecule has 0 atom stereocenters. The normalized spacial score (nSPS) is 20.7. The predicted octanol–water partition coefficient (Wildman–Crippen LogP) is 8.67. The first kappa shape index (κ1) is 23.2. The third-order valence-corrected chi connectivity index (χ3v) is 15.8. The highest BCUT2D eigenvalue weighted by Gasteiger charge is 2.66. The standard InChI is InChI=1S/C24H38BrClSi/c1-21(2,3)23(13-7-8-14-23)27(19-11-17-25,20-12-18-26)24(22(4,5)6)15-9-10-16-24/h7-10,13-16H,11-12,17-20H2,1-6H3. The Kier molecular flexibility index (Phi) is 7.19. The fourth-order valence-corrected chi connectivity index (χ4v) is 15.9. The summed E-state index contributed by atoms with van der Waals surface area (Å²) in [6, 6.07) is 2.58. The largest absolute Gasteiger partial charge is 0.127 e. The van der Waals surface area contributed by atoms with Crippen LogP contribution < -0.4 is 0 Å². The van der Waals surface area contributed by atoms with Crippen LogP contribution >= 0.6 is 27.5 Å². The fraction of sp³-hybridized carbons (Fsp3) is 0.667. The Morgan fingerprint density at radius 1 is 0.741 bits per heavy atom. The van der Waals surface area contributed by atoms with Gasteiger partial charge in [-0.1, -0.05) is 118 Å². The third kappa shape index (κ3) is 3.64. The quantitative estimate of drug-likeness (QED) is 0.246. The number of hydrogen-bond donors (Lipinski definition) is 0. The van der Waals surface area contributed by atoms with Crippen LogP contribution in [0.15, 0.2) is 48.6 Å². The molecule has 2 aliphatic rings. The first-order chi connectivity index (χ1) is 12.5. The molecule has 0 fully saturated rings. The molecule has 0 unspecified atom stereocenters. The molecule has 27 heavy (non-hydrogen) atoms. The van der Waals surface area contributed by atoms with Gasteiger partial charge >= 0.3 is 0 Å². The molecular weight excluding hydrogens is 432 g/mol. The molecule has 2 aliphatic carbocycles. The van der Waals surface area contributed by atoms with E-state index >= 15 is 0 Å². The lowest BCUT2D eigenvalue weighted by Crippen LogP contribution is -2.62. The highest BCUT2D eigenvalue weighted by molar-refractivity contribution is 9.09. The van der Waals surface area contributed by atoms with Gasteiger partial charge in [0, 0.05) is 21.3 Å². The summed E-state index contributed by atoms with van der Waals surface area (Å²) in [6.45, 7) is 14.7. The Labute approximate surface area is 182 Å². The van der Waals surface area contributed by atoms with Crippen LogP contribution in [-0.4, -0.2) is 19.3 Å². The molecule has 0 heterocycles. The lowest BCUT2D eigenvalue weighted by Gasteiger charge is -2.64. The minimum atomic E-state index is -2.00. The summed E-state index contributed by atoms with van der Waals surface area (Å²) >= 11 is 10.1. The van der Waals surface area contributed by atoms with Crippen LogP contribution in [0.5, 0.6) is 0 Å². The fourth-order valence-electron chi connectivity index (χ4n) is 6.05. The van der Waals surface area contributed by atoms with E-state index in [0.29, 0.717) is 0 Å². The number of halogens is 2. The van der Waals surface area contributed by atoms with E-state index in [1.165, 1.54) is 18.5 Å². The molecule has 0 amide bonds. The second kappa shape index (κ2) is 8.36. The summed E-state index contributed by atoms with van der Waals surface area (Å²) in [5.41, 5.74) is 0.341. The smallest absolute Gasteiger partial charge is 0.0849 e. The molecule has 0 aromatic rings. The van der Waals surface area contributed by atoms with Gasteiger partial charge in [-0.15, -0.1) is 11.6 Å².